The molecule has 2 rings (SSSR count). The SMILES string of the molecule is Cn1ccnc1NC1CCCC1C(=O)O. The molecule has 1 aromatic heterocycles. The number of carboxylic acid groups (broad SMARTS) is 1. The molecule has 82 valence electrons. The van der Waals surface area contributed by atoms with Crippen LogP contribution in [-0.2, 0) is 11.8 Å². The molecule has 0 bridgehead atoms. The van der Waals surface area contributed by atoms with Crippen LogP contribution in [0.5, 0.6) is 0 Å². The molecule has 2 N–H and O–H groups in total. The van der Waals surface area contributed by atoms with Crippen molar-refractivity contribution >= 4 is 11.9 Å². The van der Waals surface area contributed by atoms with E-state index >= 15 is 0 Å². The van der Waals surface area contributed by atoms with Crippen molar-refractivity contribution in [3.05, 3.63) is 12.4 Å². The minimum absolute atomic E-state index is 0.0172. The molecule has 1 fully saturated rings. The average Bonchev–Trinajstić information content (AvgIpc) is 2.77. The summed E-state index contributed by atoms with van der Waals surface area (Å²) in [5, 5.41) is 12.2. The van der Waals surface area contributed by atoms with Crippen molar-refractivity contribution in [3.8, 4) is 0 Å². The average molecular weight is 209 g/mol. The molecular weight excluding hydrogens is 194 g/mol. The van der Waals surface area contributed by atoms with Crippen molar-refractivity contribution in [3.63, 3.8) is 0 Å². The molecule has 2 unspecified atom stereocenters. The first-order chi connectivity index (χ1) is 7.18. The molecule has 5 heteroatoms. The smallest absolute Gasteiger partial charge is 0.308 e. The summed E-state index contributed by atoms with van der Waals surface area (Å²) in [5.41, 5.74) is 0. The number of rotatable bonds is 3. The van der Waals surface area contributed by atoms with Gasteiger partial charge in [-0.25, -0.2) is 4.98 Å². The first-order valence-corrected chi connectivity index (χ1v) is 5.15. The highest BCUT2D eigenvalue weighted by atomic mass is 16.4. The van der Waals surface area contributed by atoms with Crippen LogP contribution in [0.2, 0.25) is 0 Å². The van der Waals surface area contributed by atoms with Crippen LogP contribution in [0.15, 0.2) is 12.4 Å². The van der Waals surface area contributed by atoms with Crippen LogP contribution in [-0.4, -0.2) is 26.7 Å². The van der Waals surface area contributed by atoms with Crippen molar-refractivity contribution in [1.29, 1.82) is 0 Å². The van der Waals surface area contributed by atoms with Crippen molar-refractivity contribution < 1.29 is 9.90 Å². The number of carbonyl (C=O) groups is 1. The van der Waals surface area contributed by atoms with Gasteiger partial charge in [-0.15, -0.1) is 0 Å². The molecule has 1 saturated carbocycles. The Labute approximate surface area is 88.1 Å². The molecule has 1 aliphatic rings. The van der Waals surface area contributed by atoms with Crippen LogP contribution in [0.1, 0.15) is 19.3 Å². The zero-order chi connectivity index (χ0) is 10.8. The van der Waals surface area contributed by atoms with Gasteiger partial charge in [-0.2, -0.15) is 0 Å². The summed E-state index contributed by atoms with van der Waals surface area (Å²) >= 11 is 0. The first-order valence-electron chi connectivity index (χ1n) is 5.15. The summed E-state index contributed by atoms with van der Waals surface area (Å²) in [7, 11) is 1.89. The Morgan fingerprint density at radius 3 is 3.07 bits per heavy atom. The second-order valence-corrected chi connectivity index (χ2v) is 3.99. The fourth-order valence-electron chi connectivity index (χ4n) is 2.10. The summed E-state index contributed by atoms with van der Waals surface area (Å²) < 4.78 is 1.86. The number of imidazole rings is 1. The van der Waals surface area contributed by atoms with E-state index in [1.807, 2.05) is 17.8 Å². The van der Waals surface area contributed by atoms with Gasteiger partial charge in [-0.05, 0) is 12.8 Å². The van der Waals surface area contributed by atoms with E-state index in [1.54, 1.807) is 6.20 Å². The zero-order valence-electron chi connectivity index (χ0n) is 8.68. The minimum atomic E-state index is -0.709. The monoisotopic (exact) mass is 209 g/mol. The molecule has 1 heterocycles. The predicted octanol–water partition coefficient (Wildman–Crippen LogP) is 1.09. The van der Waals surface area contributed by atoms with Crippen LogP contribution in [0.4, 0.5) is 5.95 Å². The Morgan fingerprint density at radius 2 is 2.47 bits per heavy atom. The van der Waals surface area contributed by atoms with Gasteiger partial charge in [0, 0.05) is 25.5 Å². The van der Waals surface area contributed by atoms with Gasteiger partial charge in [0.1, 0.15) is 0 Å². The molecular formula is C10H15N3O2. The van der Waals surface area contributed by atoms with Crippen LogP contribution in [0.25, 0.3) is 0 Å². The molecule has 0 radical (unpaired) electrons. The van der Waals surface area contributed by atoms with Crippen molar-refractivity contribution in [2.45, 2.75) is 25.3 Å². The van der Waals surface area contributed by atoms with Crippen molar-refractivity contribution in [2.24, 2.45) is 13.0 Å². The van der Waals surface area contributed by atoms with Crippen molar-refractivity contribution in [1.82, 2.24) is 9.55 Å². The third-order valence-electron chi connectivity index (χ3n) is 2.97. The van der Waals surface area contributed by atoms with Crippen LogP contribution < -0.4 is 5.32 Å². The van der Waals surface area contributed by atoms with E-state index in [-0.39, 0.29) is 12.0 Å². The van der Waals surface area contributed by atoms with Gasteiger partial charge in [0.15, 0.2) is 0 Å². The molecule has 0 amide bonds. The van der Waals surface area contributed by atoms with Gasteiger partial charge in [-0.1, -0.05) is 6.42 Å². The first kappa shape index (κ1) is 10.0. The second kappa shape index (κ2) is 3.92. The molecule has 0 aliphatic heterocycles. The van der Waals surface area contributed by atoms with Crippen LogP contribution in [0.3, 0.4) is 0 Å². The molecule has 1 aliphatic carbocycles. The van der Waals surface area contributed by atoms with Crippen molar-refractivity contribution in [2.75, 3.05) is 5.32 Å². The van der Waals surface area contributed by atoms with Gasteiger partial charge in [-0.3, -0.25) is 4.79 Å². The Morgan fingerprint density at radius 1 is 1.67 bits per heavy atom. The number of hydrogen-bond donors (Lipinski definition) is 2. The third kappa shape index (κ3) is 1.95. The fraction of sp³-hybridized carbons (Fsp3) is 0.600. The predicted molar refractivity (Wildman–Crippen MR) is 55.6 cm³/mol. The Bertz CT molecular complexity index is 361. The maximum Gasteiger partial charge on any atom is 0.308 e. The second-order valence-electron chi connectivity index (χ2n) is 3.99. The highest BCUT2D eigenvalue weighted by molar-refractivity contribution is 5.72. The van der Waals surface area contributed by atoms with Crippen LogP contribution >= 0.6 is 0 Å². The maximum absolute atomic E-state index is 11.0. The van der Waals surface area contributed by atoms with E-state index in [9.17, 15) is 4.79 Å². The van der Waals surface area contributed by atoms with Gasteiger partial charge in [0.2, 0.25) is 5.95 Å². The van der Waals surface area contributed by atoms with E-state index in [1.165, 1.54) is 0 Å². The lowest BCUT2D eigenvalue weighted by molar-refractivity contribution is -0.141. The van der Waals surface area contributed by atoms with Crippen LogP contribution in [0, 0.1) is 5.92 Å². The molecule has 0 aromatic carbocycles. The Balaban J connectivity index is 2.06. The summed E-state index contributed by atoms with van der Waals surface area (Å²) in [6, 6.07) is 0.0172. The Hall–Kier alpha value is -1.52. The lowest BCUT2D eigenvalue weighted by Gasteiger charge is -2.17. The number of aliphatic carboxylic acids is 1. The number of carboxylic acids is 1. The lowest BCUT2D eigenvalue weighted by atomic mass is 10.0. The normalized spacial score (nSPS) is 25.4. The largest absolute Gasteiger partial charge is 0.481 e. The number of aromatic nitrogens is 2. The van der Waals surface area contributed by atoms with E-state index in [2.05, 4.69) is 10.3 Å². The number of nitrogens with zero attached hydrogens (tertiary/aromatic N) is 2. The van der Waals surface area contributed by atoms with E-state index in [0.29, 0.717) is 0 Å². The van der Waals surface area contributed by atoms with E-state index in [4.69, 9.17) is 5.11 Å². The van der Waals surface area contributed by atoms with Gasteiger partial charge in [0.05, 0.1) is 5.92 Å². The molecule has 0 saturated heterocycles. The summed E-state index contributed by atoms with van der Waals surface area (Å²) in [4.78, 5) is 15.1. The molecule has 0 spiro atoms. The Kier molecular flexibility index (Phi) is 2.62. The molecule has 1 aromatic rings. The fourth-order valence-corrected chi connectivity index (χ4v) is 2.10. The zero-order valence-corrected chi connectivity index (χ0v) is 8.68. The van der Waals surface area contributed by atoms with Gasteiger partial charge in [0.25, 0.3) is 0 Å². The number of anilines is 1. The number of hydrogen-bond acceptors (Lipinski definition) is 3. The van der Waals surface area contributed by atoms with Gasteiger partial charge >= 0.3 is 5.97 Å². The van der Waals surface area contributed by atoms with E-state index in [0.717, 1.165) is 25.2 Å². The molecule has 2 atom stereocenters. The lowest BCUT2D eigenvalue weighted by Crippen LogP contribution is -2.30. The number of nitrogens with one attached hydrogen (secondary N) is 1. The topological polar surface area (TPSA) is 67.2 Å². The molecule has 5 nitrogen and oxygen atoms in total. The van der Waals surface area contributed by atoms with Gasteiger partial charge < -0.3 is 15.0 Å². The summed E-state index contributed by atoms with van der Waals surface area (Å²) in [6.45, 7) is 0. The minimum Gasteiger partial charge on any atom is -0.481 e. The summed E-state index contributed by atoms with van der Waals surface area (Å²) in [6.07, 6.45) is 6.18. The standard InChI is InChI=1S/C10H15N3O2/c1-13-6-5-11-10(13)12-8-4-2-3-7(8)9(14)15/h5-8H,2-4H2,1H3,(H,11,12)(H,14,15). The highest BCUT2D eigenvalue weighted by Crippen LogP contribution is 2.28. The third-order valence-corrected chi connectivity index (χ3v) is 2.97. The summed E-state index contributed by atoms with van der Waals surface area (Å²) in [5.74, 6) is -0.242. The van der Waals surface area contributed by atoms with E-state index < -0.39 is 5.97 Å². The quantitative estimate of drug-likeness (QED) is 0.781. The maximum atomic E-state index is 11.0. The number of aryl methyl sites for hydroxylation is 1. The molecule has 15 heavy (non-hydrogen) atoms. The highest BCUT2D eigenvalue weighted by Gasteiger charge is 2.33.